The highest BCUT2D eigenvalue weighted by Gasteiger charge is 2.64. The minimum absolute atomic E-state index is 0.662. The van der Waals surface area contributed by atoms with Gasteiger partial charge in [-0.05, 0) is 104 Å². The molecule has 1 heterocycles. The van der Waals surface area contributed by atoms with E-state index >= 15 is 0 Å². The molecule has 0 bridgehead atoms. The first-order valence-electron chi connectivity index (χ1n) is 10.8. The van der Waals surface area contributed by atoms with E-state index < -0.39 is 0 Å². The van der Waals surface area contributed by atoms with Crippen molar-refractivity contribution in [3.63, 3.8) is 0 Å². The van der Waals surface area contributed by atoms with E-state index in [1.807, 2.05) is 0 Å². The lowest BCUT2D eigenvalue weighted by Gasteiger charge is -2.61. The summed E-state index contributed by atoms with van der Waals surface area (Å²) in [4.78, 5) is 0. The number of rotatable bonds is 0. The van der Waals surface area contributed by atoms with Crippen LogP contribution in [0.1, 0.15) is 84.5 Å². The van der Waals surface area contributed by atoms with E-state index in [0.29, 0.717) is 16.2 Å². The maximum atomic E-state index is 3.74. The van der Waals surface area contributed by atoms with Gasteiger partial charge in [0, 0.05) is 6.54 Å². The summed E-state index contributed by atoms with van der Waals surface area (Å²) in [6.45, 7) is 8.06. The summed E-state index contributed by atoms with van der Waals surface area (Å²) in [5, 5.41) is 3.74. The predicted molar refractivity (Wildman–Crippen MR) is 96.3 cm³/mol. The van der Waals surface area contributed by atoms with Gasteiger partial charge in [-0.3, -0.25) is 0 Å². The molecule has 0 aromatic rings. The molecule has 1 aliphatic heterocycles. The third kappa shape index (κ3) is 1.84. The van der Waals surface area contributed by atoms with E-state index in [9.17, 15) is 0 Å². The predicted octanol–water partition coefficient (Wildman–Crippen LogP) is 5.40. The van der Waals surface area contributed by atoms with Gasteiger partial charge < -0.3 is 5.32 Å². The molecule has 0 amide bonds. The van der Waals surface area contributed by atoms with Gasteiger partial charge in [-0.25, -0.2) is 0 Å². The van der Waals surface area contributed by atoms with Crippen molar-refractivity contribution in [2.45, 2.75) is 84.5 Å². The fourth-order valence-corrected chi connectivity index (χ4v) is 8.97. The van der Waals surface area contributed by atoms with Gasteiger partial charge in [0.25, 0.3) is 0 Å². The van der Waals surface area contributed by atoms with Crippen molar-refractivity contribution in [2.75, 3.05) is 13.1 Å². The second-order valence-corrected chi connectivity index (χ2v) is 10.6. The van der Waals surface area contributed by atoms with E-state index in [0.717, 1.165) is 23.7 Å². The van der Waals surface area contributed by atoms with Gasteiger partial charge in [0.05, 0.1) is 0 Å². The van der Waals surface area contributed by atoms with Crippen LogP contribution in [0, 0.1) is 39.9 Å². The summed E-state index contributed by atoms with van der Waals surface area (Å²) < 4.78 is 0. The molecule has 1 heteroatoms. The van der Waals surface area contributed by atoms with Gasteiger partial charge >= 0.3 is 0 Å². The van der Waals surface area contributed by atoms with Gasteiger partial charge in [0.1, 0.15) is 0 Å². The zero-order chi connectivity index (χ0) is 15.7. The third-order valence-corrected chi connectivity index (χ3v) is 10.4. The van der Waals surface area contributed by atoms with Crippen LogP contribution in [-0.2, 0) is 0 Å². The van der Waals surface area contributed by atoms with E-state index in [2.05, 4.69) is 19.2 Å². The summed E-state index contributed by atoms with van der Waals surface area (Å²) in [5.41, 5.74) is 2.05. The fourth-order valence-electron chi connectivity index (χ4n) is 8.97. The first-order valence-corrected chi connectivity index (χ1v) is 10.8. The zero-order valence-electron chi connectivity index (χ0n) is 15.5. The highest BCUT2D eigenvalue weighted by atomic mass is 14.9. The normalized spacial score (nSPS) is 58.7. The molecule has 2 unspecified atom stereocenters. The maximum Gasteiger partial charge on any atom is 0.00136 e. The Morgan fingerprint density at radius 1 is 0.783 bits per heavy atom. The zero-order valence-corrected chi connectivity index (χ0v) is 15.5. The average molecular weight is 316 g/mol. The van der Waals surface area contributed by atoms with Crippen LogP contribution in [0.4, 0.5) is 0 Å². The average Bonchev–Trinajstić information content (AvgIpc) is 3.14. The summed E-state index contributed by atoms with van der Waals surface area (Å²) in [6.07, 6.45) is 16.9. The van der Waals surface area contributed by atoms with Crippen LogP contribution in [0.3, 0.4) is 0 Å². The Hall–Kier alpha value is -0.0400. The largest absolute Gasteiger partial charge is 0.316 e. The molecule has 5 rings (SSSR count). The molecule has 5 aliphatic rings. The van der Waals surface area contributed by atoms with Crippen LogP contribution >= 0.6 is 0 Å². The molecule has 4 saturated carbocycles. The molecule has 4 aliphatic carbocycles. The minimum atomic E-state index is 0.662. The Kier molecular flexibility index (Phi) is 3.31. The lowest BCUT2D eigenvalue weighted by atomic mass is 9.43. The molecule has 130 valence electrons. The minimum Gasteiger partial charge on any atom is -0.316 e. The second-order valence-electron chi connectivity index (χ2n) is 10.6. The summed E-state index contributed by atoms with van der Waals surface area (Å²) in [5.74, 6) is 4.28. The molecule has 0 radical (unpaired) electrons. The lowest BCUT2D eigenvalue weighted by molar-refractivity contribution is -0.122. The Morgan fingerprint density at radius 2 is 1.65 bits per heavy atom. The molecule has 0 aromatic carbocycles. The summed E-state index contributed by atoms with van der Waals surface area (Å²) in [7, 11) is 0. The molecular weight excluding hydrogens is 278 g/mol. The first-order chi connectivity index (χ1) is 11.1. The van der Waals surface area contributed by atoms with Crippen LogP contribution in [0.5, 0.6) is 0 Å². The van der Waals surface area contributed by atoms with Crippen molar-refractivity contribution >= 4 is 0 Å². The topological polar surface area (TPSA) is 12.0 Å². The van der Waals surface area contributed by atoms with E-state index in [-0.39, 0.29) is 0 Å². The number of nitrogens with one attached hydrogen (secondary N) is 1. The number of hydrogen-bond donors (Lipinski definition) is 1. The molecular formula is C22H37N. The van der Waals surface area contributed by atoms with Gasteiger partial charge in [0.2, 0.25) is 0 Å². The highest BCUT2D eigenvalue weighted by molar-refractivity contribution is 5.14. The van der Waals surface area contributed by atoms with Crippen LogP contribution in [-0.4, -0.2) is 13.1 Å². The monoisotopic (exact) mass is 315 g/mol. The Bertz CT molecular complexity index is 478. The second kappa shape index (κ2) is 4.99. The van der Waals surface area contributed by atoms with E-state index in [1.165, 1.54) is 38.8 Å². The number of fused-ring (bicyclic) bond motifs is 6. The van der Waals surface area contributed by atoms with Crippen LogP contribution in [0.25, 0.3) is 0 Å². The van der Waals surface area contributed by atoms with Crippen molar-refractivity contribution in [1.29, 1.82) is 0 Å². The summed E-state index contributed by atoms with van der Waals surface area (Å²) in [6, 6.07) is 0. The van der Waals surface area contributed by atoms with Crippen LogP contribution in [0.2, 0.25) is 0 Å². The van der Waals surface area contributed by atoms with Crippen LogP contribution in [0.15, 0.2) is 0 Å². The molecule has 23 heavy (non-hydrogen) atoms. The molecule has 1 N–H and O–H groups in total. The van der Waals surface area contributed by atoms with Crippen molar-refractivity contribution in [3.05, 3.63) is 0 Å². The van der Waals surface area contributed by atoms with Gasteiger partial charge in [-0.15, -0.1) is 0 Å². The maximum absolute atomic E-state index is 3.74. The van der Waals surface area contributed by atoms with Crippen LogP contribution < -0.4 is 5.32 Å². The molecule has 7 atom stereocenters. The molecule has 1 saturated heterocycles. The molecule has 1 spiro atoms. The van der Waals surface area contributed by atoms with E-state index in [1.54, 1.807) is 44.9 Å². The fraction of sp³-hybridized carbons (Fsp3) is 1.00. The Labute approximate surface area is 143 Å². The SMILES string of the molecule is C[C@]12CCCCC1CC[C@@H]1[C@@H]2CC[C@@]2(C)[C@H]1CCC21CCNC1. The lowest BCUT2D eigenvalue weighted by Crippen LogP contribution is -2.54. The standard InChI is InChI=1S/C22H37N/c1-20-10-4-3-5-16(20)6-7-17-18(20)8-11-21(2)19(17)9-12-22(21)13-14-23-15-22/h16-19,23H,3-15H2,1-2H3/t16?,17-,18+,19+,20+,21+,22?/m1/s1. The number of hydrogen-bond acceptors (Lipinski definition) is 1. The Balaban J connectivity index is 1.47. The molecule has 0 aromatic heterocycles. The van der Waals surface area contributed by atoms with Crippen molar-refractivity contribution in [2.24, 2.45) is 39.9 Å². The van der Waals surface area contributed by atoms with Gasteiger partial charge in [-0.1, -0.05) is 26.7 Å². The molecule has 1 nitrogen and oxygen atoms in total. The third-order valence-electron chi connectivity index (χ3n) is 10.4. The highest BCUT2D eigenvalue weighted by Crippen LogP contribution is 2.71. The van der Waals surface area contributed by atoms with Crippen molar-refractivity contribution in [3.8, 4) is 0 Å². The smallest absolute Gasteiger partial charge is 0.00136 e. The quantitative estimate of drug-likeness (QED) is 0.631. The van der Waals surface area contributed by atoms with Crippen molar-refractivity contribution in [1.82, 2.24) is 5.32 Å². The van der Waals surface area contributed by atoms with Gasteiger partial charge in [0.15, 0.2) is 0 Å². The summed E-state index contributed by atoms with van der Waals surface area (Å²) >= 11 is 0. The van der Waals surface area contributed by atoms with E-state index in [4.69, 9.17) is 0 Å². The first kappa shape index (κ1) is 15.2. The van der Waals surface area contributed by atoms with Crippen molar-refractivity contribution < 1.29 is 0 Å². The Morgan fingerprint density at radius 3 is 2.48 bits per heavy atom. The van der Waals surface area contributed by atoms with Gasteiger partial charge in [-0.2, -0.15) is 0 Å². The molecule has 5 fully saturated rings.